The topological polar surface area (TPSA) is 73.6 Å². The molecule has 0 aliphatic rings. The lowest BCUT2D eigenvalue weighted by Gasteiger charge is -2.14. The molecule has 0 aliphatic carbocycles. The van der Waals surface area contributed by atoms with Crippen LogP contribution in [0.5, 0.6) is 0 Å². The molecule has 0 amide bonds. The Balaban J connectivity index is 1.81. The minimum atomic E-state index is 0.439. The van der Waals surface area contributed by atoms with Gasteiger partial charge in [-0.2, -0.15) is 10.2 Å². The molecule has 0 atom stereocenters. The van der Waals surface area contributed by atoms with Crippen LogP contribution >= 0.6 is 31.9 Å². The van der Waals surface area contributed by atoms with E-state index >= 15 is 0 Å². The maximum absolute atomic E-state index is 8.88. The molecule has 27 heavy (non-hydrogen) atoms. The van der Waals surface area contributed by atoms with Crippen LogP contribution in [0.2, 0.25) is 0 Å². The average Bonchev–Trinajstić information content (AvgIpc) is 2.65. The van der Waals surface area contributed by atoms with Gasteiger partial charge in [0.1, 0.15) is 5.82 Å². The van der Waals surface area contributed by atoms with Crippen molar-refractivity contribution in [2.45, 2.75) is 19.8 Å². The Kier molecular flexibility index (Phi) is 6.09. The molecule has 0 unspecified atom stereocenters. The van der Waals surface area contributed by atoms with E-state index in [-0.39, 0.29) is 0 Å². The molecule has 0 saturated carbocycles. The summed E-state index contributed by atoms with van der Waals surface area (Å²) >= 11 is 7.26. The molecular formula is C20H17Br2N5. The van der Waals surface area contributed by atoms with Crippen LogP contribution < -0.4 is 10.6 Å². The molecule has 5 nitrogen and oxygen atoms in total. The Morgan fingerprint density at radius 2 is 1.67 bits per heavy atom. The highest BCUT2D eigenvalue weighted by Gasteiger charge is 2.11. The highest BCUT2D eigenvalue weighted by Crippen LogP contribution is 2.36. The Labute approximate surface area is 175 Å². The van der Waals surface area contributed by atoms with Gasteiger partial charge in [-0.05, 0) is 85.8 Å². The van der Waals surface area contributed by atoms with Crippen LogP contribution in [0, 0.1) is 11.3 Å². The Morgan fingerprint density at radius 1 is 1.00 bits per heavy atom. The molecule has 1 heterocycles. The molecule has 2 aromatic carbocycles. The predicted molar refractivity (Wildman–Crippen MR) is 116 cm³/mol. The van der Waals surface area contributed by atoms with Crippen molar-refractivity contribution < 1.29 is 0 Å². The highest BCUT2D eigenvalue weighted by molar-refractivity contribution is 9.11. The number of anilines is 4. The number of rotatable bonds is 5. The number of aromatic nitrogens is 2. The van der Waals surface area contributed by atoms with Crippen molar-refractivity contribution in [3.05, 3.63) is 68.7 Å². The molecular weight excluding hydrogens is 470 g/mol. The highest BCUT2D eigenvalue weighted by atomic mass is 79.9. The fourth-order valence-electron chi connectivity index (χ4n) is 2.42. The van der Waals surface area contributed by atoms with Crippen LogP contribution in [0.3, 0.4) is 0 Å². The van der Waals surface area contributed by atoms with E-state index in [4.69, 9.17) is 5.26 Å². The summed E-state index contributed by atoms with van der Waals surface area (Å²) in [6, 6.07) is 15.2. The van der Waals surface area contributed by atoms with Crippen LogP contribution in [-0.2, 0) is 0 Å². The van der Waals surface area contributed by atoms with Gasteiger partial charge in [0.25, 0.3) is 0 Å². The molecule has 1 aromatic heterocycles. The summed E-state index contributed by atoms with van der Waals surface area (Å²) in [5, 5.41) is 15.3. The fraction of sp³-hybridized carbons (Fsp3) is 0.150. The zero-order valence-corrected chi connectivity index (χ0v) is 18.0. The summed E-state index contributed by atoms with van der Waals surface area (Å²) in [6.45, 7) is 4.32. The quantitative estimate of drug-likeness (QED) is 0.431. The van der Waals surface area contributed by atoms with E-state index in [2.05, 4.69) is 84.5 Å². The largest absolute Gasteiger partial charge is 0.338 e. The van der Waals surface area contributed by atoms with Gasteiger partial charge in [-0.1, -0.05) is 13.8 Å². The van der Waals surface area contributed by atoms with Gasteiger partial charge in [0.15, 0.2) is 0 Å². The van der Waals surface area contributed by atoms with Crippen molar-refractivity contribution in [3.63, 3.8) is 0 Å². The first-order valence-corrected chi connectivity index (χ1v) is 9.91. The summed E-state index contributed by atoms with van der Waals surface area (Å²) in [5.74, 6) is 1.57. The lowest BCUT2D eigenvalue weighted by atomic mass is 10.0. The number of nitrogens with one attached hydrogen (secondary N) is 2. The molecule has 0 aliphatic heterocycles. The van der Waals surface area contributed by atoms with Crippen molar-refractivity contribution in [2.75, 3.05) is 10.6 Å². The molecule has 7 heteroatoms. The van der Waals surface area contributed by atoms with Crippen LogP contribution in [0.1, 0.15) is 30.9 Å². The van der Waals surface area contributed by atoms with E-state index in [1.165, 1.54) is 5.56 Å². The van der Waals surface area contributed by atoms with Crippen molar-refractivity contribution >= 4 is 55.0 Å². The van der Waals surface area contributed by atoms with E-state index in [0.717, 1.165) is 20.3 Å². The number of benzene rings is 2. The SMILES string of the molecule is CC(C)c1cc(Br)c(Nc2ccnc(Nc3ccc(C#N)cc3)n2)c(Br)c1. The van der Waals surface area contributed by atoms with Crippen LogP contribution in [-0.4, -0.2) is 9.97 Å². The second-order valence-corrected chi connectivity index (χ2v) is 7.93. The maximum Gasteiger partial charge on any atom is 0.229 e. The minimum absolute atomic E-state index is 0.439. The maximum atomic E-state index is 8.88. The van der Waals surface area contributed by atoms with Gasteiger partial charge in [0.05, 0.1) is 17.3 Å². The summed E-state index contributed by atoms with van der Waals surface area (Å²) in [4.78, 5) is 8.76. The van der Waals surface area contributed by atoms with E-state index in [9.17, 15) is 0 Å². The van der Waals surface area contributed by atoms with Gasteiger partial charge in [-0.3, -0.25) is 0 Å². The standard InChI is InChI=1S/C20H17Br2N5/c1-12(2)14-9-16(21)19(17(22)10-14)26-18-7-8-24-20(27-18)25-15-5-3-13(11-23)4-6-15/h3-10,12H,1-2H3,(H2,24,25,26,27). The molecule has 0 saturated heterocycles. The molecule has 0 bridgehead atoms. The lowest BCUT2D eigenvalue weighted by molar-refractivity contribution is 0.865. The van der Waals surface area contributed by atoms with Crippen molar-refractivity contribution in [2.24, 2.45) is 0 Å². The minimum Gasteiger partial charge on any atom is -0.338 e. The normalized spacial score (nSPS) is 10.5. The number of hydrogen-bond donors (Lipinski definition) is 2. The van der Waals surface area contributed by atoms with E-state index in [1.807, 2.05) is 12.1 Å². The van der Waals surface area contributed by atoms with Crippen LogP contribution in [0.25, 0.3) is 0 Å². The zero-order chi connectivity index (χ0) is 19.4. The third-order valence-corrected chi connectivity index (χ3v) is 5.16. The smallest absolute Gasteiger partial charge is 0.229 e. The number of hydrogen-bond acceptors (Lipinski definition) is 5. The van der Waals surface area contributed by atoms with Crippen molar-refractivity contribution in [1.29, 1.82) is 5.26 Å². The first-order valence-electron chi connectivity index (χ1n) is 8.32. The second kappa shape index (κ2) is 8.51. The van der Waals surface area contributed by atoms with Gasteiger partial charge in [0.2, 0.25) is 5.95 Å². The zero-order valence-electron chi connectivity index (χ0n) is 14.8. The Morgan fingerprint density at radius 3 is 2.26 bits per heavy atom. The number of halogens is 2. The van der Waals surface area contributed by atoms with Crippen molar-refractivity contribution in [1.82, 2.24) is 9.97 Å². The van der Waals surface area contributed by atoms with Crippen molar-refractivity contribution in [3.8, 4) is 6.07 Å². The molecule has 2 N–H and O–H groups in total. The van der Waals surface area contributed by atoms with Gasteiger partial charge in [0, 0.05) is 20.8 Å². The second-order valence-electron chi connectivity index (χ2n) is 6.22. The molecule has 0 fully saturated rings. The fourth-order valence-corrected chi connectivity index (χ4v) is 3.84. The third-order valence-electron chi connectivity index (χ3n) is 3.91. The Hall–Kier alpha value is -2.43. The summed E-state index contributed by atoms with van der Waals surface area (Å²) in [5.41, 5.74) is 3.57. The molecule has 136 valence electrons. The van der Waals surface area contributed by atoms with Gasteiger partial charge < -0.3 is 10.6 Å². The van der Waals surface area contributed by atoms with Gasteiger partial charge in [-0.15, -0.1) is 0 Å². The summed E-state index contributed by atoms with van der Waals surface area (Å²) in [6.07, 6.45) is 1.69. The molecule has 3 aromatic rings. The monoisotopic (exact) mass is 485 g/mol. The number of nitrogens with zero attached hydrogens (tertiary/aromatic N) is 3. The van der Waals surface area contributed by atoms with Gasteiger partial charge >= 0.3 is 0 Å². The van der Waals surface area contributed by atoms with E-state index in [0.29, 0.717) is 23.2 Å². The first kappa shape index (κ1) is 19.3. The number of nitriles is 1. The van der Waals surface area contributed by atoms with Crippen LogP contribution in [0.15, 0.2) is 57.6 Å². The Bertz CT molecular complexity index is 971. The molecule has 0 radical (unpaired) electrons. The summed E-state index contributed by atoms with van der Waals surface area (Å²) < 4.78 is 1.92. The first-order chi connectivity index (χ1) is 13.0. The molecule has 0 spiro atoms. The summed E-state index contributed by atoms with van der Waals surface area (Å²) in [7, 11) is 0. The molecule has 3 rings (SSSR count). The third kappa shape index (κ3) is 4.85. The average molecular weight is 487 g/mol. The van der Waals surface area contributed by atoms with Crippen LogP contribution in [0.4, 0.5) is 23.1 Å². The van der Waals surface area contributed by atoms with E-state index < -0.39 is 0 Å². The lowest BCUT2D eigenvalue weighted by Crippen LogP contribution is -2.01. The predicted octanol–water partition coefficient (Wildman–Crippen LogP) is 6.48. The van der Waals surface area contributed by atoms with Gasteiger partial charge in [-0.25, -0.2) is 4.98 Å². The van der Waals surface area contributed by atoms with E-state index in [1.54, 1.807) is 24.4 Å².